The highest BCUT2D eigenvalue weighted by Gasteiger charge is 1.92. The molecule has 0 aromatic heterocycles. The molecule has 0 rings (SSSR count). The first kappa shape index (κ1) is 12.8. The summed E-state index contributed by atoms with van der Waals surface area (Å²) in [5.74, 6) is -0.323. The number of hydrogen-bond donors (Lipinski definition) is 0. The van der Waals surface area contributed by atoms with E-state index in [1.165, 1.54) is 6.08 Å². The predicted molar refractivity (Wildman–Crippen MR) is 47.4 cm³/mol. The Morgan fingerprint density at radius 2 is 2.18 bits per heavy atom. The lowest BCUT2D eigenvalue weighted by Crippen LogP contribution is -2.01. The lowest BCUT2D eigenvalue weighted by Gasteiger charge is -1.98. The zero-order valence-electron chi connectivity index (χ0n) is 6.43. The van der Waals surface area contributed by atoms with E-state index in [0.717, 1.165) is 19.3 Å². The van der Waals surface area contributed by atoms with Gasteiger partial charge in [-0.15, -0.1) is 0 Å². The quantitative estimate of drug-likeness (QED) is 0.349. The first-order chi connectivity index (χ1) is 4.81. The third kappa shape index (κ3) is 9.21. The van der Waals surface area contributed by atoms with Gasteiger partial charge in [0.2, 0.25) is 0 Å². The average Bonchev–Trinajstić information content (AvgIpc) is 1.98. The van der Waals surface area contributed by atoms with Gasteiger partial charge in [-0.05, 0) is 6.42 Å². The number of unbranched alkanes of at least 4 members (excludes halogenated alkanes) is 2. The van der Waals surface area contributed by atoms with Gasteiger partial charge in [-0.25, -0.2) is 4.79 Å². The number of carbonyl (C=O) groups is 1. The minimum atomic E-state index is -0.323. The molecule has 0 aromatic carbocycles. The van der Waals surface area contributed by atoms with Crippen LogP contribution in [-0.2, 0) is 9.53 Å². The van der Waals surface area contributed by atoms with Gasteiger partial charge in [0.1, 0.15) is 0 Å². The largest absolute Gasteiger partial charge is 0.463 e. The molecule has 2 nitrogen and oxygen atoms in total. The van der Waals surface area contributed by atoms with Crippen molar-refractivity contribution in [2.24, 2.45) is 0 Å². The fourth-order valence-electron chi connectivity index (χ4n) is 0.584. The highest BCUT2D eigenvalue weighted by molar-refractivity contribution is 5.81. The van der Waals surface area contributed by atoms with Crippen LogP contribution in [0, 0.1) is 0 Å². The van der Waals surface area contributed by atoms with Crippen molar-refractivity contribution in [2.45, 2.75) is 33.6 Å². The van der Waals surface area contributed by atoms with Crippen LogP contribution in [0.25, 0.3) is 0 Å². The van der Waals surface area contributed by atoms with Crippen molar-refractivity contribution in [3.63, 3.8) is 0 Å². The monoisotopic (exact) mass is 158 g/mol. The van der Waals surface area contributed by atoms with Crippen molar-refractivity contribution in [3.8, 4) is 0 Å². The second-order valence-electron chi connectivity index (χ2n) is 2.08. The standard InChI is InChI=1S/C8H14O2.CH4/c1-3-5-6-7-10-8(9)4-2;/h4H,2-3,5-7H2,1H3;1H4. The van der Waals surface area contributed by atoms with E-state index in [4.69, 9.17) is 4.74 Å². The molecule has 0 bridgehead atoms. The van der Waals surface area contributed by atoms with Crippen LogP contribution in [0.3, 0.4) is 0 Å². The molecule has 0 saturated heterocycles. The summed E-state index contributed by atoms with van der Waals surface area (Å²) in [5.41, 5.74) is 0. The minimum Gasteiger partial charge on any atom is -0.463 e. The summed E-state index contributed by atoms with van der Waals surface area (Å²) in [6.45, 7) is 5.92. The molecule has 0 radical (unpaired) electrons. The molecule has 0 saturated carbocycles. The minimum absolute atomic E-state index is 0. The van der Waals surface area contributed by atoms with Crippen molar-refractivity contribution in [1.29, 1.82) is 0 Å². The molecule has 0 aliphatic rings. The van der Waals surface area contributed by atoms with Gasteiger partial charge in [0.25, 0.3) is 0 Å². The van der Waals surface area contributed by atoms with E-state index >= 15 is 0 Å². The second kappa shape index (κ2) is 9.21. The van der Waals surface area contributed by atoms with Gasteiger partial charge in [0.15, 0.2) is 0 Å². The summed E-state index contributed by atoms with van der Waals surface area (Å²) in [5, 5.41) is 0. The van der Waals surface area contributed by atoms with Crippen LogP contribution in [0.2, 0.25) is 0 Å². The summed E-state index contributed by atoms with van der Waals surface area (Å²) in [6.07, 6.45) is 4.40. The lowest BCUT2D eigenvalue weighted by molar-refractivity contribution is -0.137. The molecule has 0 fully saturated rings. The third-order valence-electron chi connectivity index (χ3n) is 1.16. The number of hydrogen-bond acceptors (Lipinski definition) is 2. The zero-order chi connectivity index (χ0) is 7.82. The Balaban J connectivity index is 0. The Kier molecular flexibility index (Phi) is 10.8. The van der Waals surface area contributed by atoms with E-state index in [2.05, 4.69) is 13.5 Å². The second-order valence-corrected chi connectivity index (χ2v) is 2.08. The van der Waals surface area contributed by atoms with Gasteiger partial charge in [-0.2, -0.15) is 0 Å². The van der Waals surface area contributed by atoms with E-state index in [1.807, 2.05) is 0 Å². The fraction of sp³-hybridized carbons (Fsp3) is 0.667. The molecule has 0 N–H and O–H groups in total. The van der Waals surface area contributed by atoms with Crippen LogP contribution < -0.4 is 0 Å². The van der Waals surface area contributed by atoms with Crippen LogP contribution in [0.5, 0.6) is 0 Å². The molecule has 11 heavy (non-hydrogen) atoms. The maximum absolute atomic E-state index is 10.4. The number of rotatable bonds is 5. The van der Waals surface area contributed by atoms with Crippen LogP contribution >= 0.6 is 0 Å². The predicted octanol–water partition coefficient (Wildman–Crippen LogP) is 2.54. The molecular weight excluding hydrogens is 140 g/mol. The molecule has 66 valence electrons. The van der Waals surface area contributed by atoms with Crippen molar-refractivity contribution in [3.05, 3.63) is 12.7 Å². The van der Waals surface area contributed by atoms with Gasteiger partial charge in [-0.3, -0.25) is 0 Å². The molecule has 0 atom stereocenters. The number of carbonyl (C=O) groups excluding carboxylic acids is 1. The first-order valence-corrected chi connectivity index (χ1v) is 3.60. The summed E-state index contributed by atoms with van der Waals surface area (Å²) < 4.78 is 4.74. The highest BCUT2D eigenvalue weighted by atomic mass is 16.5. The molecule has 0 spiro atoms. The Hall–Kier alpha value is -0.790. The fourth-order valence-corrected chi connectivity index (χ4v) is 0.584. The maximum atomic E-state index is 10.4. The van der Waals surface area contributed by atoms with Gasteiger partial charge >= 0.3 is 5.97 Å². The van der Waals surface area contributed by atoms with E-state index in [0.29, 0.717) is 6.61 Å². The summed E-state index contributed by atoms with van der Waals surface area (Å²) in [4.78, 5) is 10.4. The van der Waals surface area contributed by atoms with Crippen molar-refractivity contribution < 1.29 is 9.53 Å². The smallest absolute Gasteiger partial charge is 0.330 e. The SMILES string of the molecule is C.C=CC(=O)OCCCCC. The van der Waals surface area contributed by atoms with Crippen LogP contribution in [0.1, 0.15) is 33.6 Å². The Bertz CT molecular complexity index is 108. The maximum Gasteiger partial charge on any atom is 0.330 e. The molecular formula is C9H18O2. The molecule has 0 aromatic rings. The third-order valence-corrected chi connectivity index (χ3v) is 1.16. The van der Waals surface area contributed by atoms with Crippen LogP contribution in [0.15, 0.2) is 12.7 Å². The zero-order valence-corrected chi connectivity index (χ0v) is 6.43. The molecule has 0 aliphatic carbocycles. The van der Waals surface area contributed by atoms with Gasteiger partial charge < -0.3 is 4.74 Å². The van der Waals surface area contributed by atoms with Crippen molar-refractivity contribution >= 4 is 5.97 Å². The summed E-state index contributed by atoms with van der Waals surface area (Å²) in [7, 11) is 0. The normalized spacial score (nSPS) is 8.09. The first-order valence-electron chi connectivity index (χ1n) is 3.60. The van der Waals surface area contributed by atoms with Crippen LogP contribution in [0.4, 0.5) is 0 Å². The van der Waals surface area contributed by atoms with E-state index in [9.17, 15) is 4.79 Å². The van der Waals surface area contributed by atoms with Gasteiger partial charge in [-0.1, -0.05) is 33.8 Å². The van der Waals surface area contributed by atoms with Gasteiger partial charge in [0, 0.05) is 6.08 Å². The molecule has 2 heteroatoms. The lowest BCUT2D eigenvalue weighted by atomic mass is 10.3. The Labute approximate surface area is 69.3 Å². The molecule has 0 heterocycles. The Morgan fingerprint density at radius 3 is 2.64 bits per heavy atom. The number of ether oxygens (including phenoxy) is 1. The Morgan fingerprint density at radius 1 is 1.55 bits per heavy atom. The summed E-state index contributed by atoms with van der Waals surface area (Å²) in [6, 6.07) is 0. The molecule has 0 amide bonds. The van der Waals surface area contributed by atoms with Crippen LogP contribution in [-0.4, -0.2) is 12.6 Å². The molecule has 0 unspecified atom stereocenters. The average molecular weight is 158 g/mol. The van der Waals surface area contributed by atoms with E-state index < -0.39 is 0 Å². The molecule has 0 aliphatic heterocycles. The topological polar surface area (TPSA) is 26.3 Å². The number of esters is 1. The van der Waals surface area contributed by atoms with Crippen molar-refractivity contribution in [2.75, 3.05) is 6.61 Å². The van der Waals surface area contributed by atoms with E-state index in [1.54, 1.807) is 0 Å². The van der Waals surface area contributed by atoms with E-state index in [-0.39, 0.29) is 13.4 Å². The summed E-state index contributed by atoms with van der Waals surface area (Å²) >= 11 is 0. The van der Waals surface area contributed by atoms with Gasteiger partial charge in [0.05, 0.1) is 6.61 Å². The van der Waals surface area contributed by atoms with Crippen molar-refractivity contribution in [1.82, 2.24) is 0 Å². The highest BCUT2D eigenvalue weighted by Crippen LogP contribution is 1.94.